The van der Waals surface area contributed by atoms with Gasteiger partial charge in [0.1, 0.15) is 5.82 Å². The highest BCUT2D eigenvalue weighted by Crippen LogP contribution is 2.07. The predicted molar refractivity (Wildman–Crippen MR) is 70.2 cm³/mol. The van der Waals surface area contributed by atoms with Crippen molar-refractivity contribution in [2.75, 3.05) is 26.2 Å². The zero-order valence-corrected chi connectivity index (χ0v) is 10.8. The van der Waals surface area contributed by atoms with Crippen LogP contribution >= 0.6 is 0 Å². The van der Waals surface area contributed by atoms with E-state index < -0.39 is 0 Å². The smallest absolute Gasteiger partial charge is 0.234 e. The molecule has 1 heterocycles. The molecule has 1 aromatic rings. The van der Waals surface area contributed by atoms with E-state index in [4.69, 9.17) is 0 Å². The van der Waals surface area contributed by atoms with Crippen LogP contribution in [-0.2, 0) is 11.2 Å². The first-order valence-corrected chi connectivity index (χ1v) is 6.55. The lowest BCUT2D eigenvalue weighted by molar-refractivity contribution is -0.122. The number of hydrogen-bond acceptors (Lipinski definition) is 3. The Bertz CT molecular complexity index is 422. The van der Waals surface area contributed by atoms with Gasteiger partial charge in [-0.1, -0.05) is 12.1 Å². The van der Waals surface area contributed by atoms with Gasteiger partial charge in [0.2, 0.25) is 5.91 Å². The van der Waals surface area contributed by atoms with E-state index in [1.165, 1.54) is 12.1 Å². The van der Waals surface area contributed by atoms with E-state index >= 15 is 0 Å². The summed E-state index contributed by atoms with van der Waals surface area (Å²) in [5, 5.41) is 12.2. The van der Waals surface area contributed by atoms with E-state index in [0.29, 0.717) is 26.1 Å². The molecule has 1 aliphatic rings. The van der Waals surface area contributed by atoms with Gasteiger partial charge in [0.05, 0.1) is 12.6 Å². The van der Waals surface area contributed by atoms with Crippen molar-refractivity contribution in [1.82, 2.24) is 10.2 Å². The topological polar surface area (TPSA) is 52.6 Å². The van der Waals surface area contributed by atoms with Gasteiger partial charge < -0.3 is 10.4 Å². The number of nitrogens with zero attached hydrogens (tertiary/aromatic N) is 1. The second-order valence-corrected chi connectivity index (χ2v) is 4.90. The fourth-order valence-corrected chi connectivity index (χ4v) is 2.21. The van der Waals surface area contributed by atoms with Crippen LogP contribution in [-0.4, -0.2) is 48.2 Å². The van der Waals surface area contributed by atoms with Gasteiger partial charge in [0.25, 0.3) is 0 Å². The third-order valence-corrected chi connectivity index (χ3v) is 3.26. The van der Waals surface area contributed by atoms with Gasteiger partial charge >= 0.3 is 0 Å². The van der Waals surface area contributed by atoms with E-state index in [1.807, 2.05) is 4.90 Å². The maximum Gasteiger partial charge on any atom is 0.234 e. The molecule has 0 aromatic heterocycles. The van der Waals surface area contributed by atoms with Crippen LogP contribution in [0.2, 0.25) is 0 Å². The highest BCUT2D eigenvalue weighted by atomic mass is 19.1. The van der Waals surface area contributed by atoms with Gasteiger partial charge in [0.15, 0.2) is 0 Å². The maximum atomic E-state index is 12.7. The molecule has 0 bridgehead atoms. The fraction of sp³-hybridized carbons (Fsp3) is 0.500. The molecule has 1 fully saturated rings. The Kier molecular flexibility index (Phi) is 4.87. The summed E-state index contributed by atoms with van der Waals surface area (Å²) in [6.07, 6.45) is 1.13. The summed E-state index contributed by atoms with van der Waals surface area (Å²) >= 11 is 0. The van der Waals surface area contributed by atoms with Crippen molar-refractivity contribution in [2.45, 2.75) is 18.9 Å². The molecular weight excluding hydrogens is 247 g/mol. The predicted octanol–water partition coefficient (Wildman–Crippen LogP) is 0.551. The summed E-state index contributed by atoms with van der Waals surface area (Å²) in [4.78, 5) is 13.6. The number of hydrogen-bond donors (Lipinski definition) is 2. The third kappa shape index (κ3) is 4.61. The second-order valence-electron chi connectivity index (χ2n) is 4.90. The molecule has 1 saturated heterocycles. The van der Waals surface area contributed by atoms with E-state index in [2.05, 4.69) is 5.32 Å². The largest absolute Gasteiger partial charge is 0.392 e. The zero-order valence-electron chi connectivity index (χ0n) is 10.8. The number of nitrogens with one attached hydrogen (secondary N) is 1. The first kappa shape index (κ1) is 14.0. The standard InChI is InChI=1S/C14H19FN2O2/c15-12-3-1-11(2-4-12)5-7-16-14(19)10-17-8-6-13(18)9-17/h1-4,13,18H,5-10H2,(H,16,19)/t13-/m1/s1. The van der Waals surface area contributed by atoms with Crippen molar-refractivity contribution in [3.05, 3.63) is 35.6 Å². The lowest BCUT2D eigenvalue weighted by atomic mass is 10.1. The molecule has 1 aliphatic heterocycles. The van der Waals surface area contributed by atoms with Crippen LogP contribution in [0.3, 0.4) is 0 Å². The molecule has 4 nitrogen and oxygen atoms in total. The average molecular weight is 266 g/mol. The normalized spacial score (nSPS) is 19.6. The summed E-state index contributed by atoms with van der Waals surface area (Å²) in [6, 6.07) is 6.28. The minimum atomic E-state index is -0.299. The third-order valence-electron chi connectivity index (χ3n) is 3.26. The lowest BCUT2D eigenvalue weighted by Crippen LogP contribution is -2.37. The van der Waals surface area contributed by atoms with Crippen LogP contribution in [0.15, 0.2) is 24.3 Å². The number of aliphatic hydroxyl groups excluding tert-OH is 1. The van der Waals surface area contributed by atoms with Gasteiger partial charge in [-0.05, 0) is 30.5 Å². The number of amides is 1. The molecule has 2 rings (SSSR count). The van der Waals surface area contributed by atoms with Crippen LogP contribution in [0.1, 0.15) is 12.0 Å². The number of aliphatic hydroxyl groups is 1. The number of halogens is 1. The van der Waals surface area contributed by atoms with E-state index in [1.54, 1.807) is 12.1 Å². The fourth-order valence-electron chi connectivity index (χ4n) is 2.21. The Morgan fingerprint density at radius 1 is 1.42 bits per heavy atom. The second kappa shape index (κ2) is 6.63. The maximum absolute atomic E-state index is 12.7. The highest BCUT2D eigenvalue weighted by Gasteiger charge is 2.21. The Hall–Kier alpha value is -1.46. The zero-order chi connectivity index (χ0) is 13.7. The van der Waals surface area contributed by atoms with Crippen LogP contribution in [0.25, 0.3) is 0 Å². The van der Waals surface area contributed by atoms with Crippen molar-refractivity contribution in [2.24, 2.45) is 0 Å². The van der Waals surface area contributed by atoms with E-state index in [-0.39, 0.29) is 17.8 Å². The monoisotopic (exact) mass is 266 g/mol. The highest BCUT2D eigenvalue weighted by molar-refractivity contribution is 5.78. The molecule has 2 N–H and O–H groups in total. The number of carbonyl (C=O) groups excluding carboxylic acids is 1. The molecule has 0 unspecified atom stereocenters. The molecule has 0 spiro atoms. The van der Waals surface area contributed by atoms with Gasteiger partial charge in [-0.3, -0.25) is 9.69 Å². The van der Waals surface area contributed by atoms with Crippen molar-refractivity contribution in [1.29, 1.82) is 0 Å². The van der Waals surface area contributed by atoms with Crippen LogP contribution in [0.5, 0.6) is 0 Å². The molecule has 1 aromatic carbocycles. The Balaban J connectivity index is 1.65. The summed E-state index contributed by atoms with van der Waals surface area (Å²) < 4.78 is 12.7. The van der Waals surface area contributed by atoms with Crippen LogP contribution < -0.4 is 5.32 Å². The number of likely N-dealkylation sites (tertiary alicyclic amines) is 1. The summed E-state index contributed by atoms with van der Waals surface area (Å²) in [7, 11) is 0. The van der Waals surface area contributed by atoms with Gasteiger partial charge in [-0.15, -0.1) is 0 Å². The number of rotatable bonds is 5. The molecule has 0 aliphatic carbocycles. The number of β-amino-alcohol motifs (C(OH)–C–C–N with tert-alkyl or cyclic N) is 1. The van der Waals surface area contributed by atoms with Crippen molar-refractivity contribution < 1.29 is 14.3 Å². The van der Waals surface area contributed by atoms with Crippen molar-refractivity contribution in [3.8, 4) is 0 Å². The summed E-state index contributed by atoms with van der Waals surface area (Å²) in [5.74, 6) is -0.281. The Labute approximate surface area is 112 Å². The average Bonchev–Trinajstić information content (AvgIpc) is 2.77. The first-order valence-electron chi connectivity index (χ1n) is 6.55. The molecule has 1 amide bonds. The quantitative estimate of drug-likeness (QED) is 0.818. The molecule has 104 valence electrons. The van der Waals surface area contributed by atoms with Gasteiger partial charge in [0, 0.05) is 19.6 Å². The summed E-state index contributed by atoms with van der Waals surface area (Å²) in [6.45, 7) is 2.22. The van der Waals surface area contributed by atoms with Crippen LogP contribution in [0.4, 0.5) is 4.39 Å². The van der Waals surface area contributed by atoms with E-state index in [9.17, 15) is 14.3 Å². The lowest BCUT2D eigenvalue weighted by Gasteiger charge is -2.14. The number of benzene rings is 1. The molecule has 0 saturated carbocycles. The van der Waals surface area contributed by atoms with Gasteiger partial charge in [-0.2, -0.15) is 0 Å². The number of carbonyl (C=O) groups is 1. The minimum Gasteiger partial charge on any atom is -0.392 e. The molecule has 5 heteroatoms. The SMILES string of the molecule is O=C(CN1CC[C@@H](O)C1)NCCc1ccc(F)cc1. The van der Waals surface area contributed by atoms with E-state index in [0.717, 1.165) is 18.5 Å². The van der Waals surface area contributed by atoms with Crippen molar-refractivity contribution in [3.63, 3.8) is 0 Å². The molecule has 1 atom stereocenters. The molecule has 0 radical (unpaired) electrons. The Morgan fingerprint density at radius 3 is 2.79 bits per heavy atom. The van der Waals surface area contributed by atoms with Crippen molar-refractivity contribution >= 4 is 5.91 Å². The van der Waals surface area contributed by atoms with Gasteiger partial charge in [-0.25, -0.2) is 4.39 Å². The minimum absolute atomic E-state index is 0.0313. The Morgan fingerprint density at radius 2 is 2.16 bits per heavy atom. The first-order chi connectivity index (χ1) is 9.13. The van der Waals surface area contributed by atoms with Crippen LogP contribution in [0, 0.1) is 5.82 Å². The summed E-state index contributed by atoms with van der Waals surface area (Å²) in [5.41, 5.74) is 0.998. The molecule has 19 heavy (non-hydrogen) atoms. The molecular formula is C14H19FN2O2.